The van der Waals surface area contributed by atoms with Crippen molar-refractivity contribution in [1.82, 2.24) is 5.53 Å². The fourth-order valence-electron chi connectivity index (χ4n) is 0.785. The first kappa shape index (κ1) is 9.11. The molecule has 0 amide bonds. The van der Waals surface area contributed by atoms with Crippen LogP contribution in [-0.4, -0.2) is 12.1 Å². The van der Waals surface area contributed by atoms with E-state index in [0.29, 0.717) is 11.4 Å². The molecule has 6 heteroatoms. The molecule has 1 rings (SSSR count). The van der Waals surface area contributed by atoms with Crippen molar-refractivity contribution in [2.24, 2.45) is 0 Å². The predicted molar refractivity (Wildman–Crippen MR) is 46.7 cm³/mol. The van der Waals surface area contributed by atoms with E-state index in [-0.39, 0.29) is 0 Å². The minimum Gasteiger partial charge on any atom is -0.497 e. The number of hydrogen-bond acceptors (Lipinski definition) is 4. The van der Waals surface area contributed by atoms with Crippen LogP contribution in [0.25, 0.3) is 0 Å². The van der Waals surface area contributed by atoms with Gasteiger partial charge in [-0.25, -0.2) is 15.5 Å². The van der Waals surface area contributed by atoms with Crippen molar-refractivity contribution in [1.29, 1.82) is 0 Å². The van der Waals surface area contributed by atoms with Crippen LogP contribution in [0.2, 0.25) is 0 Å². The van der Waals surface area contributed by atoms with Gasteiger partial charge in [0.2, 0.25) is 0 Å². The molecule has 13 heavy (non-hydrogen) atoms. The summed E-state index contributed by atoms with van der Waals surface area (Å²) in [5.41, 5.74) is 4.82. The van der Waals surface area contributed by atoms with Crippen LogP contribution in [0.1, 0.15) is 0 Å². The fraction of sp³-hybridized carbons (Fsp3) is 0.143. The van der Waals surface area contributed by atoms with E-state index in [0.717, 1.165) is 0 Å². The van der Waals surface area contributed by atoms with E-state index in [4.69, 9.17) is 4.74 Å². The van der Waals surface area contributed by atoms with Crippen molar-refractivity contribution in [3.8, 4) is 5.75 Å². The van der Waals surface area contributed by atoms with Gasteiger partial charge in [0.05, 0.1) is 12.8 Å². The number of nitro groups is 1. The van der Waals surface area contributed by atoms with Gasteiger partial charge in [0.25, 0.3) is 0 Å². The van der Waals surface area contributed by atoms with Gasteiger partial charge >= 0.3 is 0 Å². The smallest absolute Gasteiger partial charge is 0.178 e. The summed E-state index contributed by atoms with van der Waals surface area (Å²) in [4.78, 5) is 9.90. The molecule has 70 valence electrons. The Hall–Kier alpha value is -1.98. The van der Waals surface area contributed by atoms with Crippen LogP contribution >= 0.6 is 0 Å². The summed E-state index contributed by atoms with van der Waals surface area (Å²) in [6.07, 6.45) is 0. The Bertz CT molecular complexity index is 286. The Morgan fingerprint density at radius 1 is 1.38 bits per heavy atom. The van der Waals surface area contributed by atoms with Crippen LogP contribution < -0.4 is 15.7 Å². The monoisotopic (exact) mass is 183 g/mol. The van der Waals surface area contributed by atoms with E-state index >= 15 is 0 Å². The van der Waals surface area contributed by atoms with Crippen LogP contribution in [0, 0.1) is 10.1 Å². The SMILES string of the molecule is COc1ccc(NN[N+](=O)[O-])cc1. The van der Waals surface area contributed by atoms with Gasteiger partial charge in [-0.1, -0.05) is 0 Å². The maximum atomic E-state index is 9.90. The molecule has 0 aliphatic carbocycles. The van der Waals surface area contributed by atoms with E-state index in [1.54, 1.807) is 31.4 Å². The van der Waals surface area contributed by atoms with Gasteiger partial charge in [0.1, 0.15) is 5.75 Å². The molecule has 2 N–H and O–H groups in total. The molecule has 0 bridgehead atoms. The quantitative estimate of drug-likeness (QED) is 0.533. The lowest BCUT2D eigenvalue weighted by Crippen LogP contribution is -2.27. The summed E-state index contributed by atoms with van der Waals surface area (Å²) in [5.74, 6) is 0.701. The topological polar surface area (TPSA) is 76.4 Å². The largest absolute Gasteiger partial charge is 0.497 e. The zero-order valence-corrected chi connectivity index (χ0v) is 6.98. The minimum absolute atomic E-state index is 0.595. The Morgan fingerprint density at radius 2 is 2.00 bits per heavy atom. The Kier molecular flexibility index (Phi) is 2.91. The third-order valence-corrected chi connectivity index (χ3v) is 1.38. The molecule has 0 aliphatic rings. The molecular weight excluding hydrogens is 174 g/mol. The van der Waals surface area contributed by atoms with Crippen LogP contribution in [0.15, 0.2) is 24.3 Å². The molecule has 0 heterocycles. The molecule has 1 aromatic rings. The fourth-order valence-corrected chi connectivity index (χ4v) is 0.785. The van der Waals surface area contributed by atoms with Gasteiger partial charge in [-0.15, -0.1) is 0 Å². The van der Waals surface area contributed by atoms with Crippen molar-refractivity contribution in [3.05, 3.63) is 34.4 Å². The van der Waals surface area contributed by atoms with Gasteiger partial charge in [-0.05, 0) is 29.8 Å². The highest BCUT2D eigenvalue weighted by Gasteiger charge is 1.95. The lowest BCUT2D eigenvalue weighted by molar-refractivity contribution is -0.538. The summed E-state index contributed by atoms with van der Waals surface area (Å²) < 4.78 is 4.91. The summed E-state index contributed by atoms with van der Waals surface area (Å²) in [7, 11) is 1.55. The maximum Gasteiger partial charge on any atom is 0.178 e. The molecule has 0 spiro atoms. The lowest BCUT2D eigenvalue weighted by atomic mass is 10.3. The van der Waals surface area contributed by atoms with E-state index in [1.807, 2.05) is 5.53 Å². The molecule has 0 saturated heterocycles. The second-order valence-electron chi connectivity index (χ2n) is 2.22. The molecule has 0 unspecified atom stereocenters. The minimum atomic E-state index is -0.676. The Labute approximate surface area is 74.6 Å². The van der Waals surface area contributed by atoms with Crippen molar-refractivity contribution >= 4 is 5.69 Å². The number of nitrogens with zero attached hydrogens (tertiary/aromatic N) is 1. The number of benzene rings is 1. The number of nitrogens with one attached hydrogen (secondary N) is 2. The third kappa shape index (κ3) is 2.86. The van der Waals surface area contributed by atoms with Crippen LogP contribution in [0.4, 0.5) is 5.69 Å². The van der Waals surface area contributed by atoms with Crippen LogP contribution in [0.3, 0.4) is 0 Å². The van der Waals surface area contributed by atoms with Crippen LogP contribution in [-0.2, 0) is 0 Å². The molecule has 0 aliphatic heterocycles. The van der Waals surface area contributed by atoms with Gasteiger partial charge in [0.15, 0.2) is 5.03 Å². The highest BCUT2D eigenvalue weighted by atomic mass is 16.7. The Balaban J connectivity index is 2.54. The standard InChI is InChI=1S/C7H9N3O3/c1-13-7-4-2-6(3-5-7)8-9-10(11)12/h2-5,8-9H,1H3. The zero-order valence-electron chi connectivity index (χ0n) is 6.98. The first-order chi connectivity index (χ1) is 6.22. The van der Waals surface area contributed by atoms with Crippen molar-refractivity contribution in [2.45, 2.75) is 0 Å². The third-order valence-electron chi connectivity index (χ3n) is 1.38. The number of methoxy groups -OCH3 is 1. The van der Waals surface area contributed by atoms with Crippen molar-refractivity contribution < 1.29 is 9.77 Å². The van der Waals surface area contributed by atoms with Gasteiger partial charge in [-0.2, -0.15) is 0 Å². The zero-order chi connectivity index (χ0) is 9.68. The number of rotatable bonds is 4. The molecule has 6 nitrogen and oxygen atoms in total. The number of anilines is 1. The van der Waals surface area contributed by atoms with E-state index < -0.39 is 5.03 Å². The molecular formula is C7H9N3O3. The average molecular weight is 183 g/mol. The second-order valence-corrected chi connectivity index (χ2v) is 2.22. The number of hydrogen-bond donors (Lipinski definition) is 2. The summed E-state index contributed by atoms with van der Waals surface area (Å²) in [6.45, 7) is 0. The van der Waals surface area contributed by atoms with Crippen LogP contribution in [0.5, 0.6) is 5.75 Å². The molecule has 0 atom stereocenters. The molecule has 1 aromatic carbocycles. The lowest BCUT2D eigenvalue weighted by Gasteiger charge is -2.03. The highest BCUT2D eigenvalue weighted by molar-refractivity contribution is 5.45. The van der Waals surface area contributed by atoms with Gasteiger partial charge in [-0.3, -0.25) is 0 Å². The van der Waals surface area contributed by atoms with E-state index in [1.165, 1.54) is 0 Å². The molecule has 0 saturated carbocycles. The first-order valence-corrected chi connectivity index (χ1v) is 3.52. The summed E-state index contributed by atoms with van der Waals surface area (Å²) in [5, 5.41) is 9.23. The predicted octanol–water partition coefficient (Wildman–Crippen LogP) is 0.803. The van der Waals surface area contributed by atoms with E-state index in [2.05, 4.69) is 5.43 Å². The van der Waals surface area contributed by atoms with Gasteiger partial charge in [0, 0.05) is 0 Å². The van der Waals surface area contributed by atoms with E-state index in [9.17, 15) is 10.1 Å². The number of hydrazine groups is 2. The maximum absolute atomic E-state index is 9.90. The van der Waals surface area contributed by atoms with Crippen molar-refractivity contribution in [2.75, 3.05) is 12.5 Å². The first-order valence-electron chi connectivity index (χ1n) is 3.52. The highest BCUT2D eigenvalue weighted by Crippen LogP contribution is 2.13. The Morgan fingerprint density at radius 3 is 2.46 bits per heavy atom. The number of ether oxygens (including phenoxy) is 1. The van der Waals surface area contributed by atoms with Gasteiger partial charge < -0.3 is 4.74 Å². The second kappa shape index (κ2) is 4.15. The normalized spacial score (nSPS) is 9.00. The summed E-state index contributed by atoms with van der Waals surface area (Å²) in [6, 6.07) is 6.72. The average Bonchev–Trinajstić information content (AvgIpc) is 2.15. The molecule has 0 aromatic heterocycles. The molecule has 0 radical (unpaired) electrons. The molecule has 0 fully saturated rings. The summed E-state index contributed by atoms with van der Waals surface area (Å²) >= 11 is 0. The van der Waals surface area contributed by atoms with Crippen molar-refractivity contribution in [3.63, 3.8) is 0 Å².